The fourth-order valence-electron chi connectivity index (χ4n) is 2.97. The maximum atomic E-state index is 12.5. The highest BCUT2D eigenvalue weighted by Gasteiger charge is 2.19. The first-order valence-electron chi connectivity index (χ1n) is 9.65. The van der Waals surface area contributed by atoms with Crippen LogP contribution in [0.4, 0.5) is 0 Å². The summed E-state index contributed by atoms with van der Waals surface area (Å²) >= 11 is 1.31. The van der Waals surface area contributed by atoms with Gasteiger partial charge in [0.25, 0.3) is 5.91 Å². The van der Waals surface area contributed by atoms with Crippen molar-refractivity contribution < 1.29 is 9.59 Å². The summed E-state index contributed by atoms with van der Waals surface area (Å²) in [5.41, 5.74) is 2.60. The van der Waals surface area contributed by atoms with Crippen LogP contribution in [-0.2, 0) is 18.4 Å². The molecule has 156 valence electrons. The fraction of sp³-hybridized carbons (Fsp3) is 0.273. The van der Waals surface area contributed by atoms with E-state index in [0.29, 0.717) is 23.1 Å². The average molecular weight is 424 g/mol. The smallest absolute Gasteiger partial charge is 0.252 e. The van der Waals surface area contributed by atoms with Crippen LogP contribution in [0.15, 0.2) is 59.8 Å². The Hall–Kier alpha value is -3.13. The SMILES string of the molecule is Cc1ccccc1C(=O)NC(C)c1nnc(SCC(=O)NCc2ccccc2)n1C. The van der Waals surface area contributed by atoms with Crippen LogP contribution in [0.5, 0.6) is 0 Å². The maximum absolute atomic E-state index is 12.5. The minimum absolute atomic E-state index is 0.0747. The van der Waals surface area contributed by atoms with Crippen LogP contribution in [0, 0.1) is 6.92 Å². The van der Waals surface area contributed by atoms with Crippen molar-refractivity contribution in [2.45, 2.75) is 31.6 Å². The number of rotatable bonds is 8. The van der Waals surface area contributed by atoms with Crippen LogP contribution in [-0.4, -0.2) is 32.3 Å². The van der Waals surface area contributed by atoms with Gasteiger partial charge in [-0.1, -0.05) is 60.3 Å². The molecule has 0 radical (unpaired) electrons. The number of aryl methyl sites for hydroxylation is 1. The summed E-state index contributed by atoms with van der Waals surface area (Å²) in [5.74, 6) is 0.638. The number of thioether (sulfide) groups is 1. The number of nitrogens with one attached hydrogen (secondary N) is 2. The molecule has 0 aliphatic rings. The number of amides is 2. The standard InChI is InChI=1S/C22H25N5O2S/c1-15-9-7-8-12-18(15)21(29)24-16(2)20-25-26-22(27(20)3)30-14-19(28)23-13-17-10-5-4-6-11-17/h4-12,16H,13-14H2,1-3H3,(H,23,28)(H,24,29). The van der Waals surface area contributed by atoms with Gasteiger partial charge in [-0.05, 0) is 31.0 Å². The van der Waals surface area contributed by atoms with Gasteiger partial charge in [0.2, 0.25) is 5.91 Å². The van der Waals surface area contributed by atoms with Gasteiger partial charge in [-0.3, -0.25) is 9.59 Å². The van der Waals surface area contributed by atoms with E-state index in [4.69, 9.17) is 0 Å². The van der Waals surface area contributed by atoms with Crippen LogP contribution in [0.3, 0.4) is 0 Å². The average Bonchev–Trinajstić information content (AvgIpc) is 3.12. The van der Waals surface area contributed by atoms with E-state index in [1.807, 2.05) is 69.4 Å². The van der Waals surface area contributed by atoms with Crippen LogP contribution < -0.4 is 10.6 Å². The molecule has 30 heavy (non-hydrogen) atoms. The van der Waals surface area contributed by atoms with Crippen molar-refractivity contribution in [1.29, 1.82) is 0 Å². The lowest BCUT2D eigenvalue weighted by molar-refractivity contribution is -0.118. The third-order valence-electron chi connectivity index (χ3n) is 4.66. The summed E-state index contributed by atoms with van der Waals surface area (Å²) in [6, 6.07) is 16.9. The minimum Gasteiger partial charge on any atom is -0.351 e. The van der Waals surface area contributed by atoms with E-state index < -0.39 is 0 Å². The van der Waals surface area contributed by atoms with Crippen molar-refractivity contribution in [3.63, 3.8) is 0 Å². The highest BCUT2D eigenvalue weighted by Crippen LogP contribution is 2.19. The summed E-state index contributed by atoms with van der Waals surface area (Å²) in [5, 5.41) is 14.8. The lowest BCUT2D eigenvalue weighted by Crippen LogP contribution is -2.29. The van der Waals surface area contributed by atoms with E-state index in [0.717, 1.165) is 11.1 Å². The molecule has 1 atom stereocenters. The summed E-state index contributed by atoms with van der Waals surface area (Å²) in [6.07, 6.45) is 0. The number of carbonyl (C=O) groups excluding carboxylic acids is 2. The number of hydrogen-bond donors (Lipinski definition) is 2. The molecular weight excluding hydrogens is 398 g/mol. The Balaban J connectivity index is 1.54. The zero-order valence-corrected chi connectivity index (χ0v) is 18.1. The minimum atomic E-state index is -0.323. The molecule has 1 heterocycles. The number of hydrogen-bond acceptors (Lipinski definition) is 5. The zero-order valence-electron chi connectivity index (χ0n) is 17.3. The van der Waals surface area contributed by atoms with Crippen molar-refractivity contribution >= 4 is 23.6 Å². The van der Waals surface area contributed by atoms with Gasteiger partial charge in [0, 0.05) is 19.2 Å². The Bertz CT molecular complexity index is 1020. The Morgan fingerprint density at radius 1 is 1.07 bits per heavy atom. The molecule has 3 rings (SSSR count). The molecule has 7 nitrogen and oxygen atoms in total. The second-order valence-electron chi connectivity index (χ2n) is 6.96. The summed E-state index contributed by atoms with van der Waals surface area (Å²) in [6.45, 7) is 4.26. The first-order valence-corrected chi connectivity index (χ1v) is 10.6. The molecule has 1 aromatic heterocycles. The highest BCUT2D eigenvalue weighted by molar-refractivity contribution is 7.99. The molecule has 0 saturated carbocycles. The third-order valence-corrected chi connectivity index (χ3v) is 5.68. The summed E-state index contributed by atoms with van der Waals surface area (Å²) < 4.78 is 1.80. The summed E-state index contributed by atoms with van der Waals surface area (Å²) in [7, 11) is 1.83. The number of aromatic nitrogens is 3. The Morgan fingerprint density at radius 3 is 2.50 bits per heavy atom. The Labute approximate surface area is 180 Å². The topological polar surface area (TPSA) is 88.9 Å². The van der Waals surface area contributed by atoms with Gasteiger partial charge in [-0.15, -0.1) is 10.2 Å². The monoisotopic (exact) mass is 423 g/mol. The van der Waals surface area contributed by atoms with Crippen LogP contribution in [0.1, 0.15) is 40.3 Å². The van der Waals surface area contributed by atoms with E-state index in [9.17, 15) is 9.59 Å². The highest BCUT2D eigenvalue weighted by atomic mass is 32.2. The molecule has 2 N–H and O–H groups in total. The van der Waals surface area contributed by atoms with Gasteiger partial charge in [-0.25, -0.2) is 0 Å². The van der Waals surface area contributed by atoms with Gasteiger partial charge in [0.1, 0.15) is 0 Å². The van der Waals surface area contributed by atoms with E-state index in [1.165, 1.54) is 11.8 Å². The molecule has 3 aromatic rings. The molecule has 0 saturated heterocycles. The molecule has 8 heteroatoms. The molecule has 0 aliphatic carbocycles. The molecular formula is C22H25N5O2S. The second kappa shape index (κ2) is 10.1. The molecule has 0 fully saturated rings. The van der Waals surface area contributed by atoms with Gasteiger partial charge in [0.15, 0.2) is 11.0 Å². The molecule has 1 unspecified atom stereocenters. The van der Waals surface area contributed by atoms with Crippen molar-refractivity contribution in [3.8, 4) is 0 Å². The molecule has 0 bridgehead atoms. The molecule has 2 amide bonds. The molecule has 2 aromatic carbocycles. The number of benzene rings is 2. The number of carbonyl (C=O) groups is 2. The van der Waals surface area contributed by atoms with Crippen molar-refractivity contribution in [2.24, 2.45) is 7.05 Å². The van der Waals surface area contributed by atoms with Gasteiger partial charge in [0.05, 0.1) is 11.8 Å². The summed E-state index contributed by atoms with van der Waals surface area (Å²) in [4.78, 5) is 24.7. The zero-order chi connectivity index (χ0) is 21.5. The molecule has 0 spiro atoms. The molecule has 0 aliphatic heterocycles. The fourth-order valence-corrected chi connectivity index (χ4v) is 3.72. The predicted molar refractivity (Wildman–Crippen MR) is 117 cm³/mol. The van der Waals surface area contributed by atoms with Gasteiger partial charge in [-0.2, -0.15) is 0 Å². The van der Waals surface area contributed by atoms with Gasteiger partial charge < -0.3 is 15.2 Å². The first kappa shape index (κ1) is 21.6. The van der Waals surface area contributed by atoms with Gasteiger partial charge >= 0.3 is 0 Å². The second-order valence-corrected chi connectivity index (χ2v) is 7.90. The Kier molecular flexibility index (Phi) is 7.24. The van der Waals surface area contributed by atoms with Crippen molar-refractivity contribution in [2.75, 3.05) is 5.75 Å². The van der Waals surface area contributed by atoms with Crippen molar-refractivity contribution in [1.82, 2.24) is 25.4 Å². The maximum Gasteiger partial charge on any atom is 0.252 e. The quantitative estimate of drug-likeness (QED) is 0.544. The lowest BCUT2D eigenvalue weighted by atomic mass is 10.1. The van der Waals surface area contributed by atoms with E-state index in [-0.39, 0.29) is 23.6 Å². The normalized spacial score (nSPS) is 11.7. The van der Waals surface area contributed by atoms with Crippen LogP contribution >= 0.6 is 11.8 Å². The first-order chi connectivity index (χ1) is 14.5. The Morgan fingerprint density at radius 2 is 1.77 bits per heavy atom. The van der Waals surface area contributed by atoms with Crippen molar-refractivity contribution in [3.05, 3.63) is 77.1 Å². The van der Waals surface area contributed by atoms with E-state index >= 15 is 0 Å². The van der Waals surface area contributed by atoms with E-state index in [2.05, 4.69) is 20.8 Å². The van der Waals surface area contributed by atoms with E-state index in [1.54, 1.807) is 10.6 Å². The number of nitrogens with zero attached hydrogens (tertiary/aromatic N) is 3. The largest absolute Gasteiger partial charge is 0.351 e. The predicted octanol–water partition coefficient (Wildman–Crippen LogP) is 3.02. The van der Waals surface area contributed by atoms with Crippen LogP contribution in [0.2, 0.25) is 0 Å². The third kappa shape index (κ3) is 5.48. The van der Waals surface area contributed by atoms with Crippen LogP contribution in [0.25, 0.3) is 0 Å². The lowest BCUT2D eigenvalue weighted by Gasteiger charge is -2.14.